The van der Waals surface area contributed by atoms with E-state index in [1.54, 1.807) is 6.20 Å². The highest BCUT2D eigenvalue weighted by Crippen LogP contribution is 2.22. The van der Waals surface area contributed by atoms with Gasteiger partial charge in [0.25, 0.3) is 0 Å². The molecule has 1 aromatic rings. The lowest BCUT2D eigenvalue weighted by Gasteiger charge is -2.45. The largest absolute Gasteiger partial charge is 0.445 e. The Balaban J connectivity index is 2.10. The first-order valence-corrected chi connectivity index (χ1v) is 6.78. The molecule has 0 amide bonds. The predicted molar refractivity (Wildman–Crippen MR) is 72.4 cm³/mol. The molecule has 0 aromatic carbocycles. The Hall–Kier alpha value is -0.870. The Morgan fingerprint density at radius 2 is 2.28 bits per heavy atom. The van der Waals surface area contributed by atoms with Gasteiger partial charge in [-0.05, 0) is 26.7 Å². The Morgan fingerprint density at radius 3 is 2.83 bits per heavy atom. The summed E-state index contributed by atoms with van der Waals surface area (Å²) < 4.78 is 5.61. The van der Waals surface area contributed by atoms with Gasteiger partial charge in [-0.3, -0.25) is 4.90 Å². The van der Waals surface area contributed by atoms with Gasteiger partial charge in [0, 0.05) is 24.7 Å². The van der Waals surface area contributed by atoms with E-state index in [4.69, 9.17) is 4.42 Å². The molecule has 1 aromatic heterocycles. The van der Waals surface area contributed by atoms with E-state index < -0.39 is 0 Å². The number of nitrogens with one attached hydrogen (secondary N) is 1. The third kappa shape index (κ3) is 3.12. The van der Waals surface area contributed by atoms with E-state index in [0.717, 1.165) is 31.3 Å². The fourth-order valence-electron chi connectivity index (χ4n) is 2.67. The molecule has 2 heterocycles. The second-order valence-electron chi connectivity index (χ2n) is 6.35. The fourth-order valence-corrected chi connectivity index (χ4v) is 2.67. The van der Waals surface area contributed by atoms with Crippen molar-refractivity contribution in [2.45, 2.75) is 52.7 Å². The zero-order valence-corrected chi connectivity index (χ0v) is 12.2. The van der Waals surface area contributed by atoms with Gasteiger partial charge < -0.3 is 9.73 Å². The lowest BCUT2D eigenvalue weighted by molar-refractivity contribution is 0.0554. The molecule has 1 saturated heterocycles. The molecule has 0 radical (unpaired) electrons. The molecule has 18 heavy (non-hydrogen) atoms. The van der Waals surface area contributed by atoms with E-state index >= 15 is 0 Å². The lowest BCUT2D eigenvalue weighted by Crippen LogP contribution is -2.62. The topological polar surface area (TPSA) is 41.3 Å². The summed E-state index contributed by atoms with van der Waals surface area (Å²) in [6.07, 6.45) is 1.80. The molecular weight excluding hydrogens is 226 g/mol. The normalized spacial score (nSPS) is 24.7. The maximum atomic E-state index is 5.61. The van der Waals surface area contributed by atoms with Crippen molar-refractivity contribution < 1.29 is 4.42 Å². The van der Waals surface area contributed by atoms with Crippen LogP contribution in [0.15, 0.2) is 10.6 Å². The van der Waals surface area contributed by atoms with Gasteiger partial charge in [-0.15, -0.1) is 0 Å². The molecule has 2 rings (SSSR count). The fraction of sp³-hybridized carbons (Fsp3) is 0.786. The molecule has 1 aliphatic heterocycles. The van der Waals surface area contributed by atoms with Crippen LogP contribution in [-0.4, -0.2) is 34.6 Å². The van der Waals surface area contributed by atoms with E-state index in [1.165, 1.54) is 0 Å². The van der Waals surface area contributed by atoms with Gasteiger partial charge >= 0.3 is 0 Å². The summed E-state index contributed by atoms with van der Waals surface area (Å²) in [5, 5.41) is 3.62. The predicted octanol–water partition coefficient (Wildman–Crippen LogP) is 2.19. The SMILES string of the molecule is Cc1cnc(CN2CC(C)(C)NCC2C(C)C)o1. The number of piperazine rings is 1. The standard InChI is InChI=1S/C14H25N3O/c1-10(2)12-7-16-14(4,5)9-17(12)8-13-15-6-11(3)18-13/h6,10,12,16H,7-9H2,1-5H3. The van der Waals surface area contributed by atoms with Crippen molar-refractivity contribution in [3.8, 4) is 0 Å². The molecule has 1 atom stereocenters. The molecule has 102 valence electrons. The summed E-state index contributed by atoms with van der Waals surface area (Å²) in [5.74, 6) is 2.35. The molecule has 0 aliphatic carbocycles. The van der Waals surface area contributed by atoms with Crippen LogP contribution in [0.3, 0.4) is 0 Å². The minimum atomic E-state index is 0.160. The van der Waals surface area contributed by atoms with Crippen molar-refractivity contribution in [1.82, 2.24) is 15.2 Å². The van der Waals surface area contributed by atoms with Crippen molar-refractivity contribution in [1.29, 1.82) is 0 Å². The van der Waals surface area contributed by atoms with Crippen LogP contribution < -0.4 is 5.32 Å². The Kier molecular flexibility index (Phi) is 3.78. The number of rotatable bonds is 3. The van der Waals surface area contributed by atoms with Gasteiger partial charge in [-0.25, -0.2) is 4.98 Å². The maximum absolute atomic E-state index is 5.61. The highest BCUT2D eigenvalue weighted by Gasteiger charge is 2.34. The van der Waals surface area contributed by atoms with Gasteiger partial charge in [-0.1, -0.05) is 13.8 Å². The summed E-state index contributed by atoms with van der Waals surface area (Å²) in [7, 11) is 0. The van der Waals surface area contributed by atoms with Crippen molar-refractivity contribution in [2.75, 3.05) is 13.1 Å². The van der Waals surface area contributed by atoms with Gasteiger partial charge in [0.2, 0.25) is 5.89 Å². The quantitative estimate of drug-likeness (QED) is 0.894. The number of nitrogens with zero attached hydrogens (tertiary/aromatic N) is 2. The zero-order valence-electron chi connectivity index (χ0n) is 12.2. The molecule has 1 aliphatic rings. The second-order valence-corrected chi connectivity index (χ2v) is 6.35. The smallest absolute Gasteiger partial charge is 0.208 e. The van der Waals surface area contributed by atoms with Crippen molar-refractivity contribution in [3.05, 3.63) is 17.8 Å². The summed E-state index contributed by atoms with van der Waals surface area (Å²) in [4.78, 5) is 6.82. The molecule has 1 N–H and O–H groups in total. The van der Waals surface area contributed by atoms with Crippen LogP contribution in [0.4, 0.5) is 0 Å². The molecule has 4 heteroatoms. The first-order valence-electron chi connectivity index (χ1n) is 6.78. The van der Waals surface area contributed by atoms with Crippen LogP contribution in [0.5, 0.6) is 0 Å². The molecule has 4 nitrogen and oxygen atoms in total. The van der Waals surface area contributed by atoms with Crippen LogP contribution in [-0.2, 0) is 6.54 Å². The Labute approximate surface area is 110 Å². The van der Waals surface area contributed by atoms with Crippen LogP contribution in [0.1, 0.15) is 39.3 Å². The monoisotopic (exact) mass is 251 g/mol. The lowest BCUT2D eigenvalue weighted by atomic mass is 9.93. The number of oxazole rings is 1. The second kappa shape index (κ2) is 5.02. The summed E-state index contributed by atoms with van der Waals surface area (Å²) >= 11 is 0. The third-order valence-electron chi connectivity index (χ3n) is 3.63. The minimum Gasteiger partial charge on any atom is -0.445 e. The molecule has 0 spiro atoms. The molecule has 0 bridgehead atoms. The number of hydrogen-bond acceptors (Lipinski definition) is 4. The summed E-state index contributed by atoms with van der Waals surface area (Å²) in [6, 6.07) is 0.547. The third-order valence-corrected chi connectivity index (χ3v) is 3.63. The molecule has 0 saturated carbocycles. The summed E-state index contributed by atoms with van der Waals surface area (Å²) in [5.41, 5.74) is 0.160. The van der Waals surface area contributed by atoms with Crippen LogP contribution in [0.25, 0.3) is 0 Å². The van der Waals surface area contributed by atoms with E-state index in [-0.39, 0.29) is 5.54 Å². The average molecular weight is 251 g/mol. The van der Waals surface area contributed by atoms with E-state index in [9.17, 15) is 0 Å². The van der Waals surface area contributed by atoms with E-state index in [2.05, 4.69) is 42.9 Å². The zero-order chi connectivity index (χ0) is 13.3. The Morgan fingerprint density at radius 1 is 1.56 bits per heavy atom. The number of aromatic nitrogens is 1. The van der Waals surface area contributed by atoms with Gasteiger partial charge in [0.1, 0.15) is 5.76 Å². The first kappa shape index (κ1) is 13.6. The first-order chi connectivity index (χ1) is 8.37. The van der Waals surface area contributed by atoms with Crippen molar-refractivity contribution in [3.63, 3.8) is 0 Å². The Bertz CT molecular complexity index is 397. The minimum absolute atomic E-state index is 0.160. The van der Waals surface area contributed by atoms with E-state index in [1.807, 2.05) is 6.92 Å². The van der Waals surface area contributed by atoms with Gasteiger partial charge in [0.05, 0.1) is 12.7 Å². The molecule has 1 fully saturated rings. The van der Waals surface area contributed by atoms with Crippen molar-refractivity contribution in [2.24, 2.45) is 5.92 Å². The number of hydrogen-bond donors (Lipinski definition) is 1. The molecular formula is C14H25N3O. The highest BCUT2D eigenvalue weighted by molar-refractivity contribution is 4.97. The average Bonchev–Trinajstić information content (AvgIpc) is 2.62. The van der Waals surface area contributed by atoms with Crippen molar-refractivity contribution >= 4 is 0 Å². The van der Waals surface area contributed by atoms with E-state index in [0.29, 0.717) is 12.0 Å². The maximum Gasteiger partial charge on any atom is 0.208 e. The van der Waals surface area contributed by atoms with Crippen LogP contribution in [0.2, 0.25) is 0 Å². The van der Waals surface area contributed by atoms with Gasteiger partial charge in [0.15, 0.2) is 0 Å². The van der Waals surface area contributed by atoms with Gasteiger partial charge in [-0.2, -0.15) is 0 Å². The molecule has 1 unspecified atom stereocenters. The van der Waals surface area contributed by atoms with Crippen LogP contribution in [0, 0.1) is 12.8 Å². The summed E-state index contributed by atoms with van der Waals surface area (Å²) in [6.45, 7) is 13.9. The van der Waals surface area contributed by atoms with Crippen LogP contribution >= 0.6 is 0 Å². The highest BCUT2D eigenvalue weighted by atomic mass is 16.4. The number of aryl methyl sites for hydroxylation is 1.